The van der Waals surface area contributed by atoms with Crippen molar-refractivity contribution in [2.45, 2.75) is 39.3 Å². The standard InChI is InChI=1S/C16H25N3O2S/c1-11(19(5)15(20)21-16(2,3)4)12-8-7-9-13(10-12)18-14(17)22-6/h7-11H,1-6H3,(H2,17,18). The highest BCUT2D eigenvalue weighted by atomic mass is 32.2. The van der Waals surface area contributed by atoms with Gasteiger partial charge in [-0.25, -0.2) is 9.79 Å². The van der Waals surface area contributed by atoms with Gasteiger partial charge < -0.3 is 15.4 Å². The lowest BCUT2D eigenvalue weighted by Crippen LogP contribution is -2.35. The number of thioether (sulfide) groups is 1. The molecule has 0 spiro atoms. The number of amidine groups is 1. The Labute approximate surface area is 136 Å². The summed E-state index contributed by atoms with van der Waals surface area (Å²) in [5.74, 6) is 0. The summed E-state index contributed by atoms with van der Waals surface area (Å²) < 4.78 is 5.39. The molecule has 1 amide bonds. The average Bonchev–Trinajstić information content (AvgIpc) is 2.44. The number of carbonyl (C=O) groups excluding carboxylic acids is 1. The highest BCUT2D eigenvalue weighted by Gasteiger charge is 2.23. The van der Waals surface area contributed by atoms with Crippen LogP contribution in [0.15, 0.2) is 29.3 Å². The Morgan fingerprint density at radius 2 is 2.05 bits per heavy atom. The third-order valence-electron chi connectivity index (χ3n) is 3.06. The highest BCUT2D eigenvalue weighted by Crippen LogP contribution is 2.25. The summed E-state index contributed by atoms with van der Waals surface area (Å²) in [5.41, 5.74) is 6.97. The second-order valence-electron chi connectivity index (χ2n) is 6.02. The number of hydrogen-bond donors (Lipinski definition) is 1. The summed E-state index contributed by atoms with van der Waals surface area (Å²) in [6.45, 7) is 7.50. The van der Waals surface area contributed by atoms with Gasteiger partial charge >= 0.3 is 6.09 Å². The first-order chi connectivity index (χ1) is 10.1. The number of hydrogen-bond acceptors (Lipinski definition) is 4. The van der Waals surface area contributed by atoms with Gasteiger partial charge in [0.05, 0.1) is 11.7 Å². The van der Waals surface area contributed by atoms with Crippen LogP contribution < -0.4 is 5.73 Å². The van der Waals surface area contributed by atoms with E-state index < -0.39 is 5.60 Å². The summed E-state index contributed by atoms with van der Waals surface area (Å²) in [7, 11) is 1.73. The Morgan fingerprint density at radius 3 is 2.59 bits per heavy atom. The van der Waals surface area contributed by atoms with Crippen LogP contribution >= 0.6 is 11.8 Å². The molecule has 0 aliphatic heterocycles. The Hall–Kier alpha value is -1.69. The van der Waals surface area contributed by atoms with Crippen molar-refractivity contribution in [1.82, 2.24) is 4.90 Å². The van der Waals surface area contributed by atoms with Crippen LogP contribution in [0.5, 0.6) is 0 Å². The molecule has 0 heterocycles. The molecule has 1 rings (SSSR count). The molecule has 0 bridgehead atoms. The molecular weight excluding hydrogens is 298 g/mol. The number of benzene rings is 1. The second kappa shape index (κ2) is 7.54. The van der Waals surface area contributed by atoms with Gasteiger partial charge in [0.15, 0.2) is 5.17 Å². The van der Waals surface area contributed by atoms with Crippen molar-refractivity contribution in [3.8, 4) is 0 Å². The lowest BCUT2D eigenvalue weighted by atomic mass is 10.1. The van der Waals surface area contributed by atoms with E-state index in [-0.39, 0.29) is 12.1 Å². The van der Waals surface area contributed by atoms with Crippen LogP contribution in [0.25, 0.3) is 0 Å². The number of rotatable bonds is 3. The first kappa shape index (κ1) is 18.4. The van der Waals surface area contributed by atoms with Gasteiger partial charge in [-0.1, -0.05) is 23.9 Å². The maximum Gasteiger partial charge on any atom is 0.410 e. The van der Waals surface area contributed by atoms with Crippen LogP contribution in [-0.4, -0.2) is 35.1 Å². The van der Waals surface area contributed by atoms with Gasteiger partial charge in [-0.3, -0.25) is 0 Å². The smallest absolute Gasteiger partial charge is 0.410 e. The quantitative estimate of drug-likeness (QED) is 0.676. The van der Waals surface area contributed by atoms with E-state index in [0.717, 1.165) is 11.3 Å². The first-order valence-corrected chi connectivity index (χ1v) is 8.30. The van der Waals surface area contributed by atoms with E-state index in [4.69, 9.17) is 10.5 Å². The molecule has 122 valence electrons. The van der Waals surface area contributed by atoms with Crippen LogP contribution in [0, 0.1) is 0 Å². The maximum absolute atomic E-state index is 12.1. The van der Waals surface area contributed by atoms with Crippen molar-refractivity contribution in [3.05, 3.63) is 29.8 Å². The molecule has 1 aromatic rings. The van der Waals surface area contributed by atoms with Gasteiger partial charge in [-0.2, -0.15) is 0 Å². The molecule has 1 aromatic carbocycles. The Balaban J connectivity index is 2.91. The average molecular weight is 323 g/mol. The Bertz CT molecular complexity index is 553. The number of nitrogens with two attached hydrogens (primary N) is 1. The Kier molecular flexibility index (Phi) is 6.29. The van der Waals surface area contributed by atoms with Crippen LogP contribution in [0.2, 0.25) is 0 Å². The van der Waals surface area contributed by atoms with Crippen molar-refractivity contribution in [2.24, 2.45) is 10.7 Å². The van der Waals surface area contributed by atoms with E-state index in [0.29, 0.717) is 5.17 Å². The zero-order valence-electron chi connectivity index (χ0n) is 14.1. The number of ether oxygens (including phenoxy) is 1. The molecule has 1 atom stereocenters. The van der Waals surface area contributed by atoms with E-state index in [1.54, 1.807) is 11.9 Å². The number of carbonyl (C=O) groups is 1. The van der Waals surface area contributed by atoms with Crippen LogP contribution in [0.4, 0.5) is 10.5 Å². The fraction of sp³-hybridized carbons (Fsp3) is 0.500. The van der Waals surface area contributed by atoms with Gasteiger partial charge in [0.25, 0.3) is 0 Å². The fourth-order valence-corrected chi connectivity index (χ4v) is 1.94. The van der Waals surface area contributed by atoms with E-state index >= 15 is 0 Å². The molecule has 0 aromatic heterocycles. The minimum atomic E-state index is -0.510. The Morgan fingerprint density at radius 1 is 1.41 bits per heavy atom. The molecule has 0 saturated heterocycles. The van der Waals surface area contributed by atoms with Gasteiger partial charge in [-0.15, -0.1) is 0 Å². The molecule has 22 heavy (non-hydrogen) atoms. The molecule has 0 aliphatic carbocycles. The molecular formula is C16H25N3O2S. The second-order valence-corrected chi connectivity index (χ2v) is 6.84. The molecule has 0 saturated carbocycles. The monoisotopic (exact) mass is 323 g/mol. The summed E-state index contributed by atoms with van der Waals surface area (Å²) in [6, 6.07) is 7.54. The third-order valence-corrected chi connectivity index (χ3v) is 3.57. The molecule has 2 N–H and O–H groups in total. The van der Waals surface area contributed by atoms with Gasteiger partial charge in [-0.05, 0) is 51.6 Å². The van der Waals surface area contributed by atoms with Crippen molar-refractivity contribution < 1.29 is 9.53 Å². The summed E-state index contributed by atoms with van der Waals surface area (Å²) >= 11 is 1.39. The fourth-order valence-electron chi connectivity index (χ4n) is 1.74. The minimum absolute atomic E-state index is 0.125. The lowest BCUT2D eigenvalue weighted by molar-refractivity contribution is 0.0234. The lowest BCUT2D eigenvalue weighted by Gasteiger charge is -2.29. The normalized spacial score (nSPS) is 13.6. The largest absolute Gasteiger partial charge is 0.444 e. The SMILES string of the molecule is CSC(N)=Nc1cccc(C(C)N(C)C(=O)OC(C)(C)C)c1. The van der Waals surface area contributed by atoms with E-state index in [1.807, 2.05) is 58.2 Å². The van der Waals surface area contributed by atoms with Crippen molar-refractivity contribution in [2.75, 3.05) is 13.3 Å². The van der Waals surface area contributed by atoms with E-state index in [1.165, 1.54) is 11.8 Å². The summed E-state index contributed by atoms with van der Waals surface area (Å²) in [4.78, 5) is 18.0. The maximum atomic E-state index is 12.1. The van der Waals surface area contributed by atoms with Crippen LogP contribution in [0.1, 0.15) is 39.3 Å². The molecule has 1 unspecified atom stereocenters. The van der Waals surface area contributed by atoms with Crippen LogP contribution in [-0.2, 0) is 4.74 Å². The number of nitrogens with zero attached hydrogens (tertiary/aromatic N) is 2. The molecule has 6 heteroatoms. The van der Waals surface area contributed by atoms with Gasteiger partial charge in [0, 0.05) is 7.05 Å². The highest BCUT2D eigenvalue weighted by molar-refractivity contribution is 8.13. The number of aliphatic imine (C=N–C) groups is 1. The minimum Gasteiger partial charge on any atom is -0.444 e. The predicted octanol–water partition coefficient (Wildman–Crippen LogP) is 3.92. The predicted molar refractivity (Wildman–Crippen MR) is 93.7 cm³/mol. The van der Waals surface area contributed by atoms with Crippen molar-refractivity contribution in [3.63, 3.8) is 0 Å². The third kappa shape index (κ3) is 5.60. The number of amides is 1. The summed E-state index contributed by atoms with van der Waals surface area (Å²) in [5, 5.41) is 0.505. The first-order valence-electron chi connectivity index (χ1n) is 7.08. The molecule has 5 nitrogen and oxygen atoms in total. The molecule has 0 fully saturated rings. The molecule has 0 radical (unpaired) electrons. The van der Waals surface area contributed by atoms with Gasteiger partial charge in [0.2, 0.25) is 0 Å². The van der Waals surface area contributed by atoms with E-state index in [9.17, 15) is 4.79 Å². The van der Waals surface area contributed by atoms with E-state index in [2.05, 4.69) is 4.99 Å². The summed E-state index contributed by atoms with van der Waals surface area (Å²) in [6.07, 6.45) is 1.53. The van der Waals surface area contributed by atoms with Crippen molar-refractivity contribution in [1.29, 1.82) is 0 Å². The molecule has 0 aliphatic rings. The van der Waals surface area contributed by atoms with Gasteiger partial charge in [0.1, 0.15) is 5.60 Å². The zero-order valence-corrected chi connectivity index (χ0v) is 14.9. The zero-order chi connectivity index (χ0) is 16.9. The van der Waals surface area contributed by atoms with Crippen LogP contribution in [0.3, 0.4) is 0 Å². The van der Waals surface area contributed by atoms with Crippen molar-refractivity contribution >= 4 is 28.7 Å². The topological polar surface area (TPSA) is 67.9 Å².